The summed E-state index contributed by atoms with van der Waals surface area (Å²) in [6.07, 6.45) is 6.04. The molecule has 2 saturated heterocycles. The summed E-state index contributed by atoms with van der Waals surface area (Å²) in [4.78, 5) is 42.4. The van der Waals surface area contributed by atoms with E-state index in [-0.39, 0.29) is 40.6 Å². The molecule has 3 amide bonds. The van der Waals surface area contributed by atoms with Crippen LogP contribution in [0.25, 0.3) is 0 Å². The highest BCUT2D eigenvalue weighted by Gasteiger charge is 2.57. The Kier molecular flexibility index (Phi) is 8.11. The molecule has 0 bridgehead atoms. The van der Waals surface area contributed by atoms with Crippen LogP contribution in [0.4, 0.5) is 0 Å². The van der Waals surface area contributed by atoms with Crippen LogP contribution in [0, 0.1) is 5.41 Å². The maximum absolute atomic E-state index is 14.0. The topological polar surface area (TPSA) is 90.5 Å². The highest BCUT2D eigenvalue weighted by Crippen LogP contribution is 2.50. The van der Waals surface area contributed by atoms with Crippen LogP contribution in [0.3, 0.4) is 0 Å². The molecule has 0 saturated carbocycles. The SMILES string of the molecule is CCC1(CC)CC2SCC[C@H](NC(=O)[C@H](C)NC)C(=O)N2C1C(=O)N[C@@H]1CCCc2ccccc21. The third-order valence-corrected chi connectivity index (χ3v) is 9.75. The molecule has 1 aliphatic carbocycles. The van der Waals surface area contributed by atoms with Crippen molar-refractivity contribution in [1.82, 2.24) is 20.9 Å². The fraction of sp³-hybridized carbons (Fsp3) is 0.667. The quantitative estimate of drug-likeness (QED) is 0.535. The molecule has 3 N–H and O–H groups in total. The van der Waals surface area contributed by atoms with Crippen LogP contribution < -0.4 is 16.0 Å². The van der Waals surface area contributed by atoms with Crippen LogP contribution in [0.15, 0.2) is 24.3 Å². The van der Waals surface area contributed by atoms with Crippen molar-refractivity contribution >= 4 is 29.5 Å². The second-order valence-corrected chi connectivity index (χ2v) is 11.5. The van der Waals surface area contributed by atoms with E-state index in [9.17, 15) is 14.4 Å². The predicted octanol–water partition coefficient (Wildman–Crippen LogP) is 3.14. The minimum Gasteiger partial charge on any atom is -0.347 e. The lowest BCUT2D eigenvalue weighted by molar-refractivity contribution is -0.144. The molecule has 2 unspecified atom stereocenters. The van der Waals surface area contributed by atoms with Gasteiger partial charge in [-0.05, 0) is 75.8 Å². The van der Waals surface area contributed by atoms with Gasteiger partial charge in [0.05, 0.1) is 17.5 Å². The van der Waals surface area contributed by atoms with Crippen molar-refractivity contribution in [3.8, 4) is 0 Å². The number of carbonyl (C=O) groups is 3. The van der Waals surface area contributed by atoms with Crippen LogP contribution in [-0.2, 0) is 20.8 Å². The molecule has 7 nitrogen and oxygen atoms in total. The molecule has 1 aromatic rings. The van der Waals surface area contributed by atoms with Gasteiger partial charge in [0.2, 0.25) is 17.7 Å². The zero-order valence-electron chi connectivity index (χ0n) is 21.4. The molecule has 2 fully saturated rings. The van der Waals surface area contributed by atoms with Gasteiger partial charge in [0.1, 0.15) is 12.1 Å². The lowest BCUT2D eigenvalue weighted by atomic mass is 9.74. The second-order valence-electron chi connectivity index (χ2n) is 10.3. The van der Waals surface area contributed by atoms with Crippen molar-refractivity contribution in [2.24, 2.45) is 5.41 Å². The molecule has 0 spiro atoms. The number of benzene rings is 1. The van der Waals surface area contributed by atoms with E-state index in [1.807, 2.05) is 11.0 Å². The van der Waals surface area contributed by atoms with Crippen LogP contribution in [0.1, 0.15) is 76.5 Å². The van der Waals surface area contributed by atoms with Gasteiger partial charge in [-0.1, -0.05) is 38.1 Å². The van der Waals surface area contributed by atoms with Crippen molar-refractivity contribution in [3.05, 3.63) is 35.4 Å². The molecule has 8 heteroatoms. The Morgan fingerprint density at radius 2 is 1.89 bits per heavy atom. The van der Waals surface area contributed by atoms with Crippen LogP contribution in [-0.4, -0.2) is 58.9 Å². The third kappa shape index (κ3) is 4.96. The first-order valence-corrected chi connectivity index (χ1v) is 14.2. The van der Waals surface area contributed by atoms with E-state index in [0.717, 1.165) is 44.3 Å². The minimum absolute atomic E-state index is 0.0281. The highest BCUT2D eigenvalue weighted by atomic mass is 32.2. The van der Waals surface area contributed by atoms with E-state index in [1.165, 1.54) is 11.1 Å². The van der Waals surface area contributed by atoms with Crippen molar-refractivity contribution in [3.63, 3.8) is 0 Å². The fourth-order valence-electron chi connectivity index (χ4n) is 6.10. The summed E-state index contributed by atoms with van der Waals surface area (Å²) < 4.78 is 0. The number of thioether (sulfide) groups is 1. The average molecular weight is 501 g/mol. The van der Waals surface area contributed by atoms with Gasteiger partial charge >= 0.3 is 0 Å². The predicted molar refractivity (Wildman–Crippen MR) is 140 cm³/mol. The summed E-state index contributed by atoms with van der Waals surface area (Å²) in [6.45, 7) is 6.05. The summed E-state index contributed by atoms with van der Waals surface area (Å²) in [7, 11) is 1.73. The number of likely N-dealkylation sites (N-methyl/N-ethyl adjacent to an activating group) is 1. The summed E-state index contributed by atoms with van der Waals surface area (Å²) in [5.41, 5.74) is 2.23. The van der Waals surface area contributed by atoms with Crippen molar-refractivity contribution in [2.45, 2.75) is 95.3 Å². The zero-order chi connectivity index (χ0) is 25.2. The van der Waals surface area contributed by atoms with Gasteiger partial charge in [-0.25, -0.2) is 0 Å². The lowest BCUT2D eigenvalue weighted by Gasteiger charge is -2.38. The second kappa shape index (κ2) is 10.9. The number of amides is 3. The average Bonchev–Trinajstić information content (AvgIpc) is 3.14. The van der Waals surface area contributed by atoms with Gasteiger partial charge in [0.25, 0.3) is 0 Å². The molecule has 3 aliphatic rings. The summed E-state index contributed by atoms with van der Waals surface area (Å²) in [6, 6.07) is 6.80. The number of fused-ring (bicyclic) bond motifs is 2. The standard InChI is InChI=1S/C27H40N4O3S/c1-5-27(6-2)16-22-31(26(34)21(14-15-35-22)30-24(32)17(3)28-4)23(27)25(33)29-20-13-9-11-18-10-7-8-12-19(18)20/h7-8,10,12,17,20-23,28H,5-6,9,11,13-16H2,1-4H3,(H,29,33)(H,30,32)/t17-,20+,21-,22?,23?/m0/s1. The van der Waals surface area contributed by atoms with Gasteiger partial charge < -0.3 is 20.9 Å². The molecule has 2 heterocycles. The first-order chi connectivity index (χ1) is 16.8. The molecule has 1 aromatic carbocycles. The first kappa shape index (κ1) is 26.0. The Hall–Kier alpha value is -2.06. The number of carbonyl (C=O) groups excluding carboxylic acids is 3. The number of hydrogen-bond acceptors (Lipinski definition) is 5. The third-order valence-electron chi connectivity index (χ3n) is 8.50. The molecule has 4 rings (SSSR count). The molecule has 0 radical (unpaired) electrons. The summed E-state index contributed by atoms with van der Waals surface area (Å²) >= 11 is 1.75. The van der Waals surface area contributed by atoms with Gasteiger partial charge in [-0.15, -0.1) is 11.8 Å². The van der Waals surface area contributed by atoms with E-state index < -0.39 is 12.1 Å². The Balaban J connectivity index is 1.62. The molecule has 0 aromatic heterocycles. The highest BCUT2D eigenvalue weighted by molar-refractivity contribution is 7.99. The van der Waals surface area contributed by atoms with E-state index in [0.29, 0.717) is 6.42 Å². The number of aryl methyl sites for hydroxylation is 1. The summed E-state index contributed by atoms with van der Waals surface area (Å²) in [5.74, 6) is 0.414. The van der Waals surface area contributed by atoms with Gasteiger partial charge in [-0.3, -0.25) is 14.4 Å². The minimum atomic E-state index is -0.606. The number of nitrogens with zero attached hydrogens (tertiary/aromatic N) is 1. The molecule has 2 aliphatic heterocycles. The van der Waals surface area contributed by atoms with Crippen molar-refractivity contribution < 1.29 is 14.4 Å². The van der Waals surface area contributed by atoms with E-state index in [4.69, 9.17) is 0 Å². The lowest BCUT2D eigenvalue weighted by Crippen LogP contribution is -2.58. The Morgan fingerprint density at radius 3 is 2.60 bits per heavy atom. The normalized spacial score (nSPS) is 28.5. The molecule has 35 heavy (non-hydrogen) atoms. The van der Waals surface area contributed by atoms with Crippen molar-refractivity contribution in [1.29, 1.82) is 0 Å². The Labute approximate surface area is 213 Å². The molecule has 192 valence electrons. The number of nitrogens with one attached hydrogen (secondary N) is 3. The zero-order valence-corrected chi connectivity index (χ0v) is 22.2. The van der Waals surface area contributed by atoms with Crippen LogP contribution >= 0.6 is 11.8 Å². The van der Waals surface area contributed by atoms with Crippen molar-refractivity contribution in [2.75, 3.05) is 12.8 Å². The fourth-order valence-corrected chi connectivity index (χ4v) is 7.58. The first-order valence-electron chi connectivity index (χ1n) is 13.1. The van der Waals surface area contributed by atoms with E-state index in [2.05, 4.69) is 48.0 Å². The largest absolute Gasteiger partial charge is 0.347 e. The number of rotatable bonds is 7. The Morgan fingerprint density at radius 1 is 1.14 bits per heavy atom. The van der Waals surface area contributed by atoms with Gasteiger partial charge in [0, 0.05) is 5.41 Å². The molecular weight excluding hydrogens is 460 g/mol. The van der Waals surface area contributed by atoms with E-state index >= 15 is 0 Å². The Bertz CT molecular complexity index is 950. The van der Waals surface area contributed by atoms with Gasteiger partial charge in [0.15, 0.2) is 0 Å². The molecule has 5 atom stereocenters. The maximum atomic E-state index is 14.0. The maximum Gasteiger partial charge on any atom is 0.246 e. The van der Waals surface area contributed by atoms with Crippen LogP contribution in [0.2, 0.25) is 0 Å². The van der Waals surface area contributed by atoms with E-state index in [1.54, 1.807) is 25.7 Å². The summed E-state index contributed by atoms with van der Waals surface area (Å²) in [5, 5.41) is 9.20. The number of hydrogen-bond donors (Lipinski definition) is 3. The molecular formula is C27H40N4O3S. The smallest absolute Gasteiger partial charge is 0.246 e. The van der Waals surface area contributed by atoms with Gasteiger partial charge in [-0.2, -0.15) is 0 Å². The monoisotopic (exact) mass is 500 g/mol. The van der Waals surface area contributed by atoms with Crippen LogP contribution in [0.5, 0.6) is 0 Å².